The molecular formula is C13H17ClFNO2. The third-order valence-corrected chi connectivity index (χ3v) is 3.18. The average Bonchev–Trinajstić information content (AvgIpc) is 2.59. The molecule has 5 heteroatoms. The van der Waals surface area contributed by atoms with Crippen molar-refractivity contribution in [3.63, 3.8) is 0 Å². The van der Waals surface area contributed by atoms with E-state index >= 15 is 0 Å². The molecule has 0 radical (unpaired) electrons. The van der Waals surface area contributed by atoms with Gasteiger partial charge in [0.1, 0.15) is 5.82 Å². The van der Waals surface area contributed by atoms with Gasteiger partial charge in [-0.25, -0.2) is 4.39 Å². The van der Waals surface area contributed by atoms with E-state index in [-0.39, 0.29) is 5.02 Å². The summed E-state index contributed by atoms with van der Waals surface area (Å²) in [4.78, 5) is 0. The number of fused-ring (bicyclic) bond motifs is 1. The van der Waals surface area contributed by atoms with Crippen molar-refractivity contribution in [2.45, 2.75) is 25.7 Å². The van der Waals surface area contributed by atoms with Gasteiger partial charge in [-0.2, -0.15) is 0 Å². The summed E-state index contributed by atoms with van der Waals surface area (Å²) in [5, 5.41) is 0.0852. The van der Waals surface area contributed by atoms with Crippen molar-refractivity contribution in [2.24, 2.45) is 5.73 Å². The lowest BCUT2D eigenvalue weighted by molar-refractivity contribution is 0.295. The molecule has 0 aromatic heterocycles. The van der Waals surface area contributed by atoms with Gasteiger partial charge in [0.05, 0.1) is 18.2 Å². The van der Waals surface area contributed by atoms with E-state index in [1.807, 2.05) is 0 Å². The molecule has 0 bridgehead atoms. The van der Waals surface area contributed by atoms with E-state index in [4.69, 9.17) is 26.8 Å². The molecule has 0 saturated carbocycles. The first-order valence-corrected chi connectivity index (χ1v) is 6.58. The van der Waals surface area contributed by atoms with Crippen molar-refractivity contribution >= 4 is 11.6 Å². The van der Waals surface area contributed by atoms with Crippen molar-refractivity contribution in [1.29, 1.82) is 0 Å². The van der Waals surface area contributed by atoms with E-state index in [1.54, 1.807) is 0 Å². The van der Waals surface area contributed by atoms with Crippen LogP contribution in [-0.2, 0) is 6.42 Å². The zero-order valence-corrected chi connectivity index (χ0v) is 10.9. The molecule has 18 heavy (non-hydrogen) atoms. The standard InChI is InChI=1S/C13H17ClFNO2/c14-10-8-11-13(18-7-3-6-17-11)9(12(10)15)4-1-2-5-16/h8H,1-7,16H2. The highest BCUT2D eigenvalue weighted by molar-refractivity contribution is 6.31. The van der Waals surface area contributed by atoms with Gasteiger partial charge in [-0.05, 0) is 25.8 Å². The summed E-state index contributed by atoms with van der Waals surface area (Å²) in [6, 6.07) is 1.49. The van der Waals surface area contributed by atoms with Crippen LogP contribution < -0.4 is 15.2 Å². The minimum atomic E-state index is -0.405. The smallest absolute Gasteiger partial charge is 0.167 e. The lowest BCUT2D eigenvalue weighted by Crippen LogP contribution is -2.03. The Morgan fingerprint density at radius 1 is 1.28 bits per heavy atom. The predicted molar refractivity (Wildman–Crippen MR) is 69.0 cm³/mol. The molecule has 1 aliphatic rings. The fourth-order valence-corrected chi connectivity index (χ4v) is 2.20. The van der Waals surface area contributed by atoms with Gasteiger partial charge in [0.15, 0.2) is 11.5 Å². The van der Waals surface area contributed by atoms with Gasteiger partial charge in [0.2, 0.25) is 0 Å². The van der Waals surface area contributed by atoms with Crippen LogP contribution in [0.4, 0.5) is 4.39 Å². The largest absolute Gasteiger partial charge is 0.489 e. The van der Waals surface area contributed by atoms with E-state index in [1.165, 1.54) is 6.07 Å². The molecule has 3 nitrogen and oxygen atoms in total. The lowest BCUT2D eigenvalue weighted by atomic mass is 10.1. The summed E-state index contributed by atoms with van der Waals surface area (Å²) in [6.07, 6.45) is 3.01. The van der Waals surface area contributed by atoms with Crippen LogP contribution in [0.1, 0.15) is 24.8 Å². The molecule has 1 aromatic rings. The summed E-state index contributed by atoms with van der Waals surface area (Å²) in [5.41, 5.74) is 5.95. The molecule has 100 valence electrons. The third kappa shape index (κ3) is 2.87. The second-order valence-electron chi connectivity index (χ2n) is 4.27. The Morgan fingerprint density at radius 3 is 2.83 bits per heavy atom. The average molecular weight is 274 g/mol. The van der Waals surface area contributed by atoms with Crippen LogP contribution in [0.2, 0.25) is 5.02 Å². The molecule has 0 unspecified atom stereocenters. The maximum Gasteiger partial charge on any atom is 0.167 e. The van der Waals surface area contributed by atoms with Crippen LogP contribution in [0.3, 0.4) is 0 Å². The Labute approximate surface area is 111 Å². The van der Waals surface area contributed by atoms with Crippen LogP contribution in [0, 0.1) is 5.82 Å². The van der Waals surface area contributed by atoms with Crippen molar-refractivity contribution in [3.05, 3.63) is 22.5 Å². The second kappa shape index (κ2) is 6.25. The number of hydrogen-bond acceptors (Lipinski definition) is 3. The summed E-state index contributed by atoms with van der Waals surface area (Å²) >= 11 is 5.88. The van der Waals surface area contributed by atoms with Crippen LogP contribution in [0.15, 0.2) is 6.07 Å². The van der Waals surface area contributed by atoms with Crippen molar-refractivity contribution in [1.82, 2.24) is 0 Å². The molecule has 0 amide bonds. The molecule has 0 spiro atoms. The molecule has 0 atom stereocenters. The Hall–Kier alpha value is -1.00. The first-order valence-electron chi connectivity index (χ1n) is 6.20. The number of hydrogen-bond donors (Lipinski definition) is 1. The van der Waals surface area contributed by atoms with Crippen LogP contribution in [0.25, 0.3) is 0 Å². The summed E-state index contributed by atoms with van der Waals surface area (Å²) in [7, 11) is 0. The van der Waals surface area contributed by atoms with Gasteiger partial charge >= 0.3 is 0 Å². The molecule has 0 aliphatic carbocycles. The first kappa shape index (κ1) is 13.4. The third-order valence-electron chi connectivity index (χ3n) is 2.90. The molecule has 2 rings (SSSR count). The minimum absolute atomic E-state index is 0.0852. The molecule has 0 fully saturated rings. The number of rotatable bonds is 4. The topological polar surface area (TPSA) is 44.5 Å². The predicted octanol–water partition coefficient (Wildman–Crippen LogP) is 2.92. The Kier molecular flexibility index (Phi) is 4.66. The van der Waals surface area contributed by atoms with E-state index in [9.17, 15) is 4.39 Å². The maximum absolute atomic E-state index is 14.1. The molecule has 1 aromatic carbocycles. The number of unbranched alkanes of at least 4 members (excludes halogenated alkanes) is 1. The van der Waals surface area contributed by atoms with E-state index < -0.39 is 5.82 Å². The zero-order chi connectivity index (χ0) is 13.0. The summed E-state index contributed by atoms with van der Waals surface area (Å²) in [5.74, 6) is 0.644. The first-order chi connectivity index (χ1) is 8.74. The molecule has 1 aliphatic heterocycles. The highest BCUT2D eigenvalue weighted by atomic mass is 35.5. The van der Waals surface area contributed by atoms with Gasteiger partial charge in [0.25, 0.3) is 0 Å². The van der Waals surface area contributed by atoms with Crippen molar-refractivity contribution < 1.29 is 13.9 Å². The van der Waals surface area contributed by atoms with Gasteiger partial charge in [0, 0.05) is 18.1 Å². The molecule has 2 N–H and O–H groups in total. The lowest BCUT2D eigenvalue weighted by Gasteiger charge is -2.14. The van der Waals surface area contributed by atoms with Crippen molar-refractivity contribution in [2.75, 3.05) is 19.8 Å². The molecule has 1 heterocycles. The second-order valence-corrected chi connectivity index (χ2v) is 4.68. The van der Waals surface area contributed by atoms with Crippen molar-refractivity contribution in [3.8, 4) is 11.5 Å². The zero-order valence-electron chi connectivity index (χ0n) is 10.2. The molecular weight excluding hydrogens is 257 g/mol. The quantitative estimate of drug-likeness (QED) is 0.858. The number of ether oxygens (including phenoxy) is 2. The SMILES string of the molecule is NCCCCc1c(F)c(Cl)cc2c1OCCCO2. The van der Waals surface area contributed by atoms with Crippen LogP contribution in [0.5, 0.6) is 11.5 Å². The fraction of sp³-hybridized carbons (Fsp3) is 0.538. The van der Waals surface area contributed by atoms with Crippen LogP contribution >= 0.6 is 11.6 Å². The van der Waals surface area contributed by atoms with Gasteiger partial charge in [-0.1, -0.05) is 11.6 Å². The highest BCUT2D eigenvalue weighted by Gasteiger charge is 2.21. The van der Waals surface area contributed by atoms with E-state index in [0.717, 1.165) is 19.3 Å². The Bertz CT molecular complexity index is 426. The van der Waals surface area contributed by atoms with Gasteiger partial charge < -0.3 is 15.2 Å². The fourth-order valence-electron chi connectivity index (χ4n) is 1.99. The molecule has 0 saturated heterocycles. The van der Waals surface area contributed by atoms with Crippen LogP contribution in [-0.4, -0.2) is 19.8 Å². The normalized spacial score (nSPS) is 14.4. The Morgan fingerprint density at radius 2 is 2.06 bits per heavy atom. The minimum Gasteiger partial charge on any atom is -0.489 e. The number of halogens is 2. The maximum atomic E-state index is 14.1. The van der Waals surface area contributed by atoms with E-state index in [2.05, 4.69) is 0 Å². The summed E-state index contributed by atoms with van der Waals surface area (Å²) in [6.45, 7) is 1.71. The Balaban J connectivity index is 2.32. The highest BCUT2D eigenvalue weighted by Crippen LogP contribution is 2.39. The number of benzene rings is 1. The van der Waals surface area contributed by atoms with Gasteiger partial charge in [-0.3, -0.25) is 0 Å². The number of nitrogens with two attached hydrogens (primary N) is 1. The monoisotopic (exact) mass is 273 g/mol. The van der Waals surface area contributed by atoms with E-state index in [0.29, 0.717) is 43.2 Å². The summed E-state index contributed by atoms with van der Waals surface area (Å²) < 4.78 is 25.2. The van der Waals surface area contributed by atoms with Gasteiger partial charge in [-0.15, -0.1) is 0 Å².